The molecule has 1 aromatic carbocycles. The Bertz CT molecular complexity index is 414. The Labute approximate surface area is 99.6 Å². The monoisotopic (exact) mass is 236 g/mol. The Balaban J connectivity index is 1.99. The van der Waals surface area contributed by atoms with Gasteiger partial charge >= 0.3 is 0 Å². The molecule has 1 aromatic rings. The molecular weight excluding hydrogens is 220 g/mol. The van der Waals surface area contributed by atoms with Crippen LogP contribution in [0.2, 0.25) is 0 Å². The molecule has 0 aliphatic heterocycles. The summed E-state index contributed by atoms with van der Waals surface area (Å²) < 4.78 is 0. The van der Waals surface area contributed by atoms with Crippen molar-refractivity contribution in [3.05, 3.63) is 34.4 Å². The molecular formula is C12H16N2O3. The summed E-state index contributed by atoms with van der Waals surface area (Å²) in [5.74, 6) is 0. The molecule has 2 N–H and O–H groups in total. The highest BCUT2D eigenvalue weighted by Crippen LogP contribution is 2.29. The molecule has 0 bridgehead atoms. The number of anilines is 1. The van der Waals surface area contributed by atoms with E-state index >= 15 is 0 Å². The van der Waals surface area contributed by atoms with Crippen LogP contribution < -0.4 is 5.32 Å². The Hall–Kier alpha value is -1.62. The lowest BCUT2D eigenvalue weighted by Crippen LogP contribution is -2.33. The quantitative estimate of drug-likeness (QED) is 0.621. The lowest BCUT2D eigenvalue weighted by atomic mass is 10.0. The highest BCUT2D eigenvalue weighted by atomic mass is 16.6. The van der Waals surface area contributed by atoms with Gasteiger partial charge in [0, 0.05) is 24.4 Å². The molecule has 1 fully saturated rings. The predicted octanol–water partition coefficient (Wildman–Crippen LogP) is 2.31. The first-order valence-electron chi connectivity index (χ1n) is 5.80. The highest BCUT2D eigenvalue weighted by molar-refractivity contribution is 5.51. The number of nitrogens with zero attached hydrogens (tertiary/aromatic N) is 1. The fraction of sp³-hybridized carbons (Fsp3) is 0.500. The summed E-state index contributed by atoms with van der Waals surface area (Å²) in [5.41, 5.74) is 0.0953. The van der Waals surface area contributed by atoms with Crippen LogP contribution in [0.25, 0.3) is 0 Å². The van der Waals surface area contributed by atoms with Crippen molar-refractivity contribution >= 4 is 11.4 Å². The minimum Gasteiger partial charge on any atom is -0.388 e. The molecule has 0 aromatic heterocycles. The van der Waals surface area contributed by atoms with Gasteiger partial charge in [0.2, 0.25) is 0 Å². The van der Waals surface area contributed by atoms with Crippen molar-refractivity contribution in [3.63, 3.8) is 0 Å². The van der Waals surface area contributed by atoms with Crippen LogP contribution in [-0.2, 0) is 0 Å². The van der Waals surface area contributed by atoms with Gasteiger partial charge in [0.05, 0.1) is 10.5 Å². The maximum absolute atomic E-state index is 10.6. The third-order valence-corrected chi connectivity index (χ3v) is 3.21. The van der Waals surface area contributed by atoms with Gasteiger partial charge in [0.15, 0.2) is 0 Å². The van der Waals surface area contributed by atoms with Gasteiger partial charge in [-0.3, -0.25) is 10.1 Å². The second-order valence-corrected chi connectivity index (χ2v) is 4.59. The summed E-state index contributed by atoms with van der Waals surface area (Å²) in [5, 5.41) is 23.8. The number of non-ortho nitro benzene ring substituents is 1. The Morgan fingerprint density at radius 1 is 1.41 bits per heavy atom. The number of hydrogen-bond acceptors (Lipinski definition) is 4. The zero-order valence-corrected chi connectivity index (χ0v) is 9.56. The number of hydrogen-bond donors (Lipinski definition) is 2. The summed E-state index contributed by atoms with van der Waals surface area (Å²) in [6.07, 6.45) is 3.70. The predicted molar refractivity (Wildman–Crippen MR) is 65.0 cm³/mol. The van der Waals surface area contributed by atoms with Gasteiger partial charge < -0.3 is 10.4 Å². The van der Waals surface area contributed by atoms with Gasteiger partial charge in [-0.05, 0) is 18.9 Å². The van der Waals surface area contributed by atoms with Crippen LogP contribution in [0.4, 0.5) is 11.4 Å². The van der Waals surface area contributed by atoms with Crippen LogP contribution in [0.3, 0.4) is 0 Å². The van der Waals surface area contributed by atoms with E-state index in [2.05, 4.69) is 5.32 Å². The average Bonchev–Trinajstić information content (AvgIpc) is 2.75. The van der Waals surface area contributed by atoms with Crippen molar-refractivity contribution in [1.29, 1.82) is 0 Å². The molecule has 0 spiro atoms. The van der Waals surface area contributed by atoms with Crippen molar-refractivity contribution in [3.8, 4) is 0 Å². The van der Waals surface area contributed by atoms with E-state index in [1.165, 1.54) is 12.1 Å². The van der Waals surface area contributed by atoms with E-state index in [0.717, 1.165) is 25.7 Å². The second kappa shape index (κ2) is 4.71. The number of aliphatic hydroxyl groups is 1. The maximum atomic E-state index is 10.6. The summed E-state index contributed by atoms with van der Waals surface area (Å²) in [6.45, 7) is 0.453. The minimum absolute atomic E-state index is 0.0633. The van der Waals surface area contributed by atoms with Crippen LogP contribution in [0.15, 0.2) is 24.3 Å². The first-order chi connectivity index (χ1) is 8.09. The lowest BCUT2D eigenvalue weighted by molar-refractivity contribution is -0.384. The fourth-order valence-electron chi connectivity index (χ4n) is 2.21. The van der Waals surface area contributed by atoms with Gasteiger partial charge in [-0.15, -0.1) is 0 Å². The summed E-state index contributed by atoms with van der Waals surface area (Å²) in [6, 6.07) is 6.35. The summed E-state index contributed by atoms with van der Waals surface area (Å²) in [4.78, 5) is 10.2. The van der Waals surface area contributed by atoms with E-state index in [0.29, 0.717) is 12.2 Å². The SMILES string of the molecule is O=[N+]([O-])c1cccc(NCC2(O)CCCC2)c1. The van der Waals surface area contributed by atoms with Gasteiger partial charge in [-0.1, -0.05) is 18.9 Å². The van der Waals surface area contributed by atoms with Crippen molar-refractivity contribution < 1.29 is 10.0 Å². The molecule has 17 heavy (non-hydrogen) atoms. The maximum Gasteiger partial charge on any atom is 0.271 e. The van der Waals surface area contributed by atoms with Crippen molar-refractivity contribution in [2.24, 2.45) is 0 Å². The average molecular weight is 236 g/mol. The Kier molecular flexibility index (Phi) is 3.28. The molecule has 0 heterocycles. The van der Waals surface area contributed by atoms with Crippen LogP contribution in [-0.4, -0.2) is 22.2 Å². The first-order valence-corrected chi connectivity index (χ1v) is 5.80. The first kappa shape index (κ1) is 11.9. The summed E-state index contributed by atoms with van der Waals surface area (Å²) in [7, 11) is 0. The van der Waals surface area contributed by atoms with E-state index in [1.54, 1.807) is 12.1 Å². The highest BCUT2D eigenvalue weighted by Gasteiger charge is 2.30. The standard InChI is InChI=1S/C12H16N2O3/c15-12(6-1-2-7-12)9-13-10-4-3-5-11(8-10)14(16)17/h3-5,8,13,15H,1-2,6-7,9H2. The van der Waals surface area contributed by atoms with Crippen LogP contribution >= 0.6 is 0 Å². The fourth-order valence-corrected chi connectivity index (χ4v) is 2.21. The van der Waals surface area contributed by atoms with Gasteiger partial charge in [0.1, 0.15) is 0 Å². The zero-order valence-electron chi connectivity index (χ0n) is 9.56. The Morgan fingerprint density at radius 3 is 2.76 bits per heavy atom. The second-order valence-electron chi connectivity index (χ2n) is 4.59. The zero-order chi connectivity index (χ0) is 12.3. The van der Waals surface area contributed by atoms with Crippen LogP contribution in [0.1, 0.15) is 25.7 Å². The largest absolute Gasteiger partial charge is 0.388 e. The summed E-state index contributed by atoms with van der Waals surface area (Å²) >= 11 is 0. The molecule has 0 amide bonds. The van der Waals surface area contributed by atoms with Gasteiger partial charge in [-0.2, -0.15) is 0 Å². The third kappa shape index (κ3) is 2.94. The van der Waals surface area contributed by atoms with E-state index < -0.39 is 10.5 Å². The van der Waals surface area contributed by atoms with Crippen molar-refractivity contribution in [2.45, 2.75) is 31.3 Å². The molecule has 0 unspecified atom stereocenters. The number of nitrogens with one attached hydrogen (secondary N) is 1. The normalized spacial score (nSPS) is 17.9. The Morgan fingerprint density at radius 2 is 2.12 bits per heavy atom. The van der Waals surface area contributed by atoms with Crippen molar-refractivity contribution in [2.75, 3.05) is 11.9 Å². The molecule has 5 nitrogen and oxygen atoms in total. The molecule has 0 radical (unpaired) electrons. The van der Waals surface area contributed by atoms with Gasteiger partial charge in [-0.25, -0.2) is 0 Å². The number of rotatable bonds is 4. The molecule has 1 aliphatic carbocycles. The van der Waals surface area contributed by atoms with E-state index in [-0.39, 0.29) is 5.69 Å². The van der Waals surface area contributed by atoms with Gasteiger partial charge in [0.25, 0.3) is 5.69 Å². The molecule has 0 atom stereocenters. The third-order valence-electron chi connectivity index (χ3n) is 3.21. The number of nitro groups is 1. The molecule has 0 saturated heterocycles. The molecule has 2 rings (SSSR count). The number of nitro benzene ring substituents is 1. The molecule has 5 heteroatoms. The molecule has 92 valence electrons. The molecule has 1 aliphatic rings. The van der Waals surface area contributed by atoms with Crippen LogP contribution in [0.5, 0.6) is 0 Å². The minimum atomic E-state index is -0.648. The van der Waals surface area contributed by atoms with E-state index in [9.17, 15) is 15.2 Å². The smallest absolute Gasteiger partial charge is 0.271 e. The lowest BCUT2D eigenvalue weighted by Gasteiger charge is -2.22. The van der Waals surface area contributed by atoms with Crippen molar-refractivity contribution in [1.82, 2.24) is 0 Å². The van der Waals surface area contributed by atoms with E-state index in [1.807, 2.05) is 0 Å². The number of benzene rings is 1. The molecule has 1 saturated carbocycles. The topological polar surface area (TPSA) is 75.4 Å². The van der Waals surface area contributed by atoms with Crippen LogP contribution in [0, 0.1) is 10.1 Å². The van der Waals surface area contributed by atoms with E-state index in [4.69, 9.17) is 0 Å².